The average Bonchev–Trinajstić information content (AvgIpc) is 2.77. The largest absolute Gasteiger partial charge is 0.306 e. The van der Waals surface area contributed by atoms with Gasteiger partial charge in [0.05, 0.1) is 6.20 Å². The van der Waals surface area contributed by atoms with Crippen LogP contribution >= 0.6 is 0 Å². The Kier molecular flexibility index (Phi) is 5.18. The lowest BCUT2D eigenvalue weighted by Gasteiger charge is -2.14. The van der Waals surface area contributed by atoms with Gasteiger partial charge in [0, 0.05) is 30.9 Å². The minimum Gasteiger partial charge on any atom is -0.306 e. The van der Waals surface area contributed by atoms with Crippen LogP contribution in [0, 0.1) is 12.8 Å². The van der Waals surface area contributed by atoms with Crippen LogP contribution in [0.5, 0.6) is 0 Å². The standard InChI is InChI=1S/C18H27N3/c1-13(2)10-16-6-8-17(9-7-16)11-19-14(3)18-12-20-21(5)15(18)4/h6-9,12-14,19H,10-11H2,1-5H3. The maximum Gasteiger partial charge on any atom is 0.0540 e. The van der Waals surface area contributed by atoms with Crippen molar-refractivity contribution in [2.24, 2.45) is 13.0 Å². The van der Waals surface area contributed by atoms with Crippen LogP contribution in [0.25, 0.3) is 0 Å². The second kappa shape index (κ2) is 6.90. The summed E-state index contributed by atoms with van der Waals surface area (Å²) in [6, 6.07) is 9.27. The SMILES string of the molecule is Cc1c(C(C)NCc2ccc(CC(C)C)cc2)cnn1C. The molecule has 0 saturated heterocycles. The molecule has 1 aromatic heterocycles. The fourth-order valence-electron chi connectivity index (χ4n) is 2.59. The topological polar surface area (TPSA) is 29.9 Å². The first-order chi connectivity index (χ1) is 9.97. The van der Waals surface area contributed by atoms with E-state index >= 15 is 0 Å². The number of hydrogen-bond donors (Lipinski definition) is 1. The van der Waals surface area contributed by atoms with Gasteiger partial charge in [0.15, 0.2) is 0 Å². The zero-order valence-corrected chi connectivity index (χ0v) is 13.9. The van der Waals surface area contributed by atoms with Gasteiger partial charge >= 0.3 is 0 Å². The Hall–Kier alpha value is -1.61. The zero-order valence-electron chi connectivity index (χ0n) is 13.9. The van der Waals surface area contributed by atoms with E-state index in [4.69, 9.17) is 0 Å². The third kappa shape index (κ3) is 4.18. The lowest BCUT2D eigenvalue weighted by atomic mass is 10.0. The molecule has 3 heteroatoms. The monoisotopic (exact) mass is 285 g/mol. The van der Waals surface area contributed by atoms with E-state index in [-0.39, 0.29) is 0 Å². The summed E-state index contributed by atoms with van der Waals surface area (Å²) < 4.78 is 1.92. The molecule has 0 saturated carbocycles. The summed E-state index contributed by atoms with van der Waals surface area (Å²) in [7, 11) is 1.99. The van der Waals surface area contributed by atoms with E-state index in [2.05, 4.69) is 62.4 Å². The Morgan fingerprint density at radius 1 is 1.10 bits per heavy atom. The fraction of sp³-hybridized carbons (Fsp3) is 0.500. The molecule has 1 heterocycles. The Morgan fingerprint density at radius 2 is 1.71 bits per heavy atom. The van der Waals surface area contributed by atoms with E-state index in [1.165, 1.54) is 22.4 Å². The predicted molar refractivity (Wildman–Crippen MR) is 88.2 cm³/mol. The van der Waals surface area contributed by atoms with Crippen LogP contribution < -0.4 is 5.32 Å². The van der Waals surface area contributed by atoms with E-state index in [1.807, 2.05) is 17.9 Å². The first-order valence-electron chi connectivity index (χ1n) is 7.77. The predicted octanol–water partition coefficient (Wildman–Crippen LogP) is 3.78. The second-order valence-corrected chi connectivity index (χ2v) is 6.33. The third-order valence-electron chi connectivity index (χ3n) is 4.02. The minimum absolute atomic E-state index is 0.314. The number of hydrogen-bond acceptors (Lipinski definition) is 2. The van der Waals surface area contributed by atoms with Gasteiger partial charge in [-0.3, -0.25) is 4.68 Å². The molecule has 1 atom stereocenters. The zero-order chi connectivity index (χ0) is 15.4. The highest BCUT2D eigenvalue weighted by Crippen LogP contribution is 2.17. The summed E-state index contributed by atoms with van der Waals surface area (Å²) in [4.78, 5) is 0. The first-order valence-corrected chi connectivity index (χ1v) is 7.77. The van der Waals surface area contributed by atoms with Gasteiger partial charge in [-0.25, -0.2) is 0 Å². The van der Waals surface area contributed by atoms with Crippen LogP contribution in [0.4, 0.5) is 0 Å². The summed E-state index contributed by atoms with van der Waals surface area (Å²) in [5.41, 5.74) is 5.25. The fourth-order valence-corrected chi connectivity index (χ4v) is 2.59. The molecule has 0 aliphatic carbocycles. The van der Waals surface area contributed by atoms with Crippen molar-refractivity contribution >= 4 is 0 Å². The molecule has 0 fully saturated rings. The van der Waals surface area contributed by atoms with Crippen LogP contribution in [0.2, 0.25) is 0 Å². The molecule has 2 aromatic rings. The molecular formula is C18H27N3. The van der Waals surface area contributed by atoms with Crippen molar-refractivity contribution in [3.05, 3.63) is 52.8 Å². The van der Waals surface area contributed by atoms with Gasteiger partial charge in [0.1, 0.15) is 0 Å². The Morgan fingerprint density at radius 3 is 2.24 bits per heavy atom. The average molecular weight is 285 g/mol. The van der Waals surface area contributed by atoms with E-state index < -0.39 is 0 Å². The molecule has 0 amide bonds. The molecule has 1 unspecified atom stereocenters. The van der Waals surface area contributed by atoms with Gasteiger partial charge in [-0.1, -0.05) is 38.1 Å². The van der Waals surface area contributed by atoms with Crippen molar-refractivity contribution in [2.45, 2.75) is 46.7 Å². The highest BCUT2D eigenvalue weighted by atomic mass is 15.3. The molecule has 0 radical (unpaired) electrons. The summed E-state index contributed by atoms with van der Waals surface area (Å²) in [5.74, 6) is 0.711. The van der Waals surface area contributed by atoms with Crippen LogP contribution in [0.3, 0.4) is 0 Å². The Balaban J connectivity index is 1.92. The highest BCUT2D eigenvalue weighted by molar-refractivity contribution is 5.24. The number of aromatic nitrogens is 2. The van der Waals surface area contributed by atoms with Crippen molar-refractivity contribution in [1.29, 1.82) is 0 Å². The first kappa shape index (κ1) is 15.8. The van der Waals surface area contributed by atoms with E-state index in [1.54, 1.807) is 0 Å². The Labute approximate surface area is 128 Å². The minimum atomic E-state index is 0.314. The molecule has 0 aliphatic heterocycles. The number of benzene rings is 1. The maximum atomic E-state index is 4.31. The van der Waals surface area contributed by atoms with Crippen molar-refractivity contribution in [3.63, 3.8) is 0 Å². The summed E-state index contributed by atoms with van der Waals surface area (Å²) in [5, 5.41) is 7.88. The molecule has 2 rings (SSSR count). The molecule has 0 bridgehead atoms. The van der Waals surface area contributed by atoms with Gasteiger partial charge in [-0.15, -0.1) is 0 Å². The van der Waals surface area contributed by atoms with Gasteiger partial charge in [0.25, 0.3) is 0 Å². The van der Waals surface area contributed by atoms with Gasteiger partial charge in [-0.2, -0.15) is 5.10 Å². The molecular weight excluding hydrogens is 258 g/mol. The van der Waals surface area contributed by atoms with Crippen LogP contribution in [-0.2, 0) is 20.0 Å². The Bertz CT molecular complexity index is 567. The van der Waals surface area contributed by atoms with Gasteiger partial charge in [0.2, 0.25) is 0 Å². The molecule has 3 nitrogen and oxygen atoms in total. The van der Waals surface area contributed by atoms with E-state index in [9.17, 15) is 0 Å². The second-order valence-electron chi connectivity index (χ2n) is 6.33. The van der Waals surface area contributed by atoms with Crippen molar-refractivity contribution < 1.29 is 0 Å². The maximum absolute atomic E-state index is 4.31. The number of aryl methyl sites for hydroxylation is 1. The number of nitrogens with zero attached hydrogens (tertiary/aromatic N) is 2. The molecule has 0 spiro atoms. The molecule has 0 aliphatic rings. The summed E-state index contributed by atoms with van der Waals surface area (Å²) >= 11 is 0. The molecule has 1 aromatic carbocycles. The lowest BCUT2D eigenvalue weighted by molar-refractivity contribution is 0.570. The lowest BCUT2D eigenvalue weighted by Crippen LogP contribution is -2.18. The van der Waals surface area contributed by atoms with Crippen LogP contribution in [-0.4, -0.2) is 9.78 Å². The van der Waals surface area contributed by atoms with Gasteiger partial charge in [-0.05, 0) is 37.3 Å². The number of rotatable bonds is 6. The molecule has 114 valence electrons. The van der Waals surface area contributed by atoms with E-state index in [0.29, 0.717) is 12.0 Å². The van der Waals surface area contributed by atoms with E-state index in [0.717, 1.165) is 13.0 Å². The van der Waals surface area contributed by atoms with Crippen LogP contribution in [0.1, 0.15) is 49.2 Å². The molecule has 1 N–H and O–H groups in total. The van der Waals surface area contributed by atoms with Crippen molar-refractivity contribution in [2.75, 3.05) is 0 Å². The summed E-state index contributed by atoms with van der Waals surface area (Å²) in [6.07, 6.45) is 3.11. The molecule has 21 heavy (non-hydrogen) atoms. The smallest absolute Gasteiger partial charge is 0.0540 e. The third-order valence-corrected chi connectivity index (χ3v) is 4.02. The van der Waals surface area contributed by atoms with Crippen LogP contribution in [0.15, 0.2) is 30.5 Å². The highest BCUT2D eigenvalue weighted by Gasteiger charge is 2.11. The normalized spacial score (nSPS) is 12.9. The number of nitrogens with one attached hydrogen (secondary N) is 1. The summed E-state index contributed by atoms with van der Waals surface area (Å²) in [6.45, 7) is 9.70. The van der Waals surface area contributed by atoms with Crippen molar-refractivity contribution in [3.8, 4) is 0 Å². The van der Waals surface area contributed by atoms with Crippen molar-refractivity contribution in [1.82, 2.24) is 15.1 Å². The van der Waals surface area contributed by atoms with Gasteiger partial charge < -0.3 is 5.32 Å². The quantitative estimate of drug-likeness (QED) is 0.875.